The molecule has 3 rings (SSSR count). The standard InChI is InChI=1S/C21H22FN3O2/c1-3-25(13-10-16-8-11-23-12-9-16)20(26)14-19-15(2)27-21(24-19)17-4-6-18(22)7-5-17/h4-9,11-12H,3,10,13-14H2,1-2H3. The summed E-state index contributed by atoms with van der Waals surface area (Å²) < 4.78 is 18.8. The van der Waals surface area contributed by atoms with E-state index in [2.05, 4.69) is 9.97 Å². The summed E-state index contributed by atoms with van der Waals surface area (Å²) in [4.78, 5) is 22.9. The molecule has 0 atom stereocenters. The average molecular weight is 367 g/mol. The molecule has 0 fully saturated rings. The SMILES string of the molecule is CCN(CCc1ccncc1)C(=O)Cc1nc(-c2ccc(F)cc2)oc1C. The minimum absolute atomic E-state index is 0.00797. The van der Waals surface area contributed by atoms with Crippen molar-refractivity contribution < 1.29 is 13.6 Å². The number of aromatic nitrogens is 2. The highest BCUT2D eigenvalue weighted by Crippen LogP contribution is 2.22. The van der Waals surface area contributed by atoms with Crippen molar-refractivity contribution in [3.05, 3.63) is 71.6 Å². The second-order valence-corrected chi connectivity index (χ2v) is 6.28. The summed E-state index contributed by atoms with van der Waals surface area (Å²) in [5, 5.41) is 0. The third kappa shape index (κ3) is 4.78. The van der Waals surface area contributed by atoms with Crippen molar-refractivity contribution in [1.82, 2.24) is 14.9 Å². The van der Waals surface area contributed by atoms with E-state index in [0.717, 1.165) is 12.0 Å². The van der Waals surface area contributed by atoms with E-state index in [1.807, 2.05) is 24.0 Å². The van der Waals surface area contributed by atoms with Gasteiger partial charge < -0.3 is 9.32 Å². The summed E-state index contributed by atoms with van der Waals surface area (Å²) in [6, 6.07) is 9.85. The van der Waals surface area contributed by atoms with Crippen LogP contribution >= 0.6 is 0 Å². The number of rotatable bonds is 7. The highest BCUT2D eigenvalue weighted by Gasteiger charge is 2.18. The maximum absolute atomic E-state index is 13.1. The van der Waals surface area contributed by atoms with Crippen LogP contribution in [0.4, 0.5) is 4.39 Å². The lowest BCUT2D eigenvalue weighted by molar-refractivity contribution is -0.130. The van der Waals surface area contributed by atoms with Gasteiger partial charge in [0.25, 0.3) is 0 Å². The average Bonchev–Trinajstić information content (AvgIpc) is 3.04. The van der Waals surface area contributed by atoms with Crippen LogP contribution in [0.25, 0.3) is 11.5 Å². The van der Waals surface area contributed by atoms with Gasteiger partial charge in [-0.3, -0.25) is 9.78 Å². The fourth-order valence-corrected chi connectivity index (χ4v) is 2.84. The Kier molecular flexibility index (Phi) is 5.96. The highest BCUT2D eigenvalue weighted by molar-refractivity contribution is 5.78. The molecule has 0 saturated heterocycles. The number of aryl methyl sites for hydroxylation is 1. The molecule has 3 aromatic rings. The number of hydrogen-bond donors (Lipinski definition) is 0. The number of halogens is 1. The third-order valence-corrected chi connectivity index (χ3v) is 4.46. The maximum atomic E-state index is 13.1. The van der Waals surface area contributed by atoms with E-state index >= 15 is 0 Å². The first kappa shape index (κ1) is 18.8. The molecule has 0 aliphatic heterocycles. The van der Waals surface area contributed by atoms with Crippen LogP contribution < -0.4 is 0 Å². The molecule has 2 heterocycles. The van der Waals surface area contributed by atoms with Gasteiger partial charge in [-0.1, -0.05) is 0 Å². The highest BCUT2D eigenvalue weighted by atomic mass is 19.1. The van der Waals surface area contributed by atoms with Gasteiger partial charge in [-0.2, -0.15) is 0 Å². The quantitative estimate of drug-likeness (QED) is 0.637. The van der Waals surface area contributed by atoms with Crippen LogP contribution in [0, 0.1) is 12.7 Å². The molecule has 6 heteroatoms. The molecule has 1 amide bonds. The molecule has 0 bridgehead atoms. The summed E-state index contributed by atoms with van der Waals surface area (Å²) in [6.45, 7) is 5.02. The van der Waals surface area contributed by atoms with Gasteiger partial charge in [0.05, 0.1) is 12.1 Å². The lowest BCUT2D eigenvalue weighted by Crippen LogP contribution is -2.34. The van der Waals surface area contributed by atoms with Gasteiger partial charge in [-0.15, -0.1) is 0 Å². The van der Waals surface area contributed by atoms with Crippen molar-refractivity contribution in [2.45, 2.75) is 26.7 Å². The molecular formula is C21H22FN3O2. The topological polar surface area (TPSA) is 59.2 Å². The second-order valence-electron chi connectivity index (χ2n) is 6.28. The van der Waals surface area contributed by atoms with Crippen molar-refractivity contribution in [3.8, 4) is 11.5 Å². The van der Waals surface area contributed by atoms with Gasteiger partial charge in [0.2, 0.25) is 11.8 Å². The molecule has 0 unspecified atom stereocenters. The molecule has 2 aromatic heterocycles. The second kappa shape index (κ2) is 8.58. The number of carbonyl (C=O) groups excluding carboxylic acids is 1. The Morgan fingerprint density at radius 3 is 2.52 bits per heavy atom. The minimum Gasteiger partial charge on any atom is -0.441 e. The van der Waals surface area contributed by atoms with Crippen LogP contribution in [0.3, 0.4) is 0 Å². The molecule has 0 N–H and O–H groups in total. The molecular weight excluding hydrogens is 345 g/mol. The van der Waals surface area contributed by atoms with E-state index in [1.165, 1.54) is 12.1 Å². The van der Waals surface area contributed by atoms with E-state index in [0.29, 0.717) is 36.0 Å². The van der Waals surface area contributed by atoms with E-state index in [9.17, 15) is 9.18 Å². The molecule has 0 spiro atoms. The number of hydrogen-bond acceptors (Lipinski definition) is 4. The van der Waals surface area contributed by atoms with Gasteiger partial charge in [0.1, 0.15) is 11.6 Å². The Balaban J connectivity index is 1.66. The van der Waals surface area contributed by atoms with Crippen LogP contribution in [0.15, 0.2) is 53.2 Å². The molecule has 140 valence electrons. The Hall–Kier alpha value is -3.02. The van der Waals surface area contributed by atoms with Crippen LogP contribution in [-0.4, -0.2) is 33.9 Å². The Morgan fingerprint density at radius 2 is 1.85 bits per heavy atom. The van der Waals surface area contributed by atoms with E-state index in [1.54, 1.807) is 31.5 Å². The van der Waals surface area contributed by atoms with Gasteiger partial charge in [-0.05, 0) is 62.2 Å². The maximum Gasteiger partial charge on any atom is 0.228 e. The van der Waals surface area contributed by atoms with Gasteiger partial charge in [0.15, 0.2) is 0 Å². The van der Waals surface area contributed by atoms with Crippen molar-refractivity contribution in [2.75, 3.05) is 13.1 Å². The molecule has 1 aromatic carbocycles. The molecule has 0 aliphatic rings. The summed E-state index contributed by atoms with van der Waals surface area (Å²) in [7, 11) is 0. The largest absolute Gasteiger partial charge is 0.441 e. The van der Waals surface area contributed by atoms with Crippen LogP contribution in [-0.2, 0) is 17.6 Å². The monoisotopic (exact) mass is 367 g/mol. The van der Waals surface area contributed by atoms with Crippen LogP contribution in [0.5, 0.6) is 0 Å². The number of oxazole rings is 1. The zero-order chi connectivity index (χ0) is 19.2. The number of amides is 1. The van der Waals surface area contributed by atoms with Crippen LogP contribution in [0.1, 0.15) is 23.9 Å². The van der Waals surface area contributed by atoms with E-state index in [-0.39, 0.29) is 18.1 Å². The number of carbonyl (C=O) groups is 1. The number of nitrogens with zero attached hydrogens (tertiary/aromatic N) is 3. The summed E-state index contributed by atoms with van der Waals surface area (Å²) in [6.07, 6.45) is 4.47. The van der Waals surface area contributed by atoms with Crippen molar-refractivity contribution in [3.63, 3.8) is 0 Å². The Morgan fingerprint density at radius 1 is 1.15 bits per heavy atom. The first-order valence-corrected chi connectivity index (χ1v) is 8.95. The molecule has 0 radical (unpaired) electrons. The van der Waals surface area contributed by atoms with Gasteiger partial charge in [0, 0.05) is 31.0 Å². The summed E-state index contributed by atoms with van der Waals surface area (Å²) in [5.41, 5.74) is 2.44. The smallest absolute Gasteiger partial charge is 0.228 e. The van der Waals surface area contributed by atoms with E-state index in [4.69, 9.17) is 4.42 Å². The Bertz CT molecular complexity index is 892. The molecule has 0 saturated carbocycles. The number of likely N-dealkylation sites (N-methyl/N-ethyl adjacent to an activating group) is 1. The molecule has 5 nitrogen and oxygen atoms in total. The van der Waals surface area contributed by atoms with Crippen molar-refractivity contribution in [1.29, 1.82) is 0 Å². The predicted molar refractivity (Wildman–Crippen MR) is 101 cm³/mol. The number of pyridine rings is 1. The summed E-state index contributed by atoms with van der Waals surface area (Å²) in [5.74, 6) is 0.696. The predicted octanol–water partition coefficient (Wildman–Crippen LogP) is 3.82. The van der Waals surface area contributed by atoms with Crippen molar-refractivity contribution >= 4 is 5.91 Å². The van der Waals surface area contributed by atoms with Crippen molar-refractivity contribution in [2.24, 2.45) is 0 Å². The molecule has 27 heavy (non-hydrogen) atoms. The summed E-state index contributed by atoms with van der Waals surface area (Å²) >= 11 is 0. The zero-order valence-electron chi connectivity index (χ0n) is 15.5. The third-order valence-electron chi connectivity index (χ3n) is 4.46. The first-order valence-electron chi connectivity index (χ1n) is 8.95. The fourth-order valence-electron chi connectivity index (χ4n) is 2.84. The van der Waals surface area contributed by atoms with Gasteiger partial charge >= 0.3 is 0 Å². The lowest BCUT2D eigenvalue weighted by atomic mass is 10.2. The van der Waals surface area contributed by atoms with Gasteiger partial charge in [-0.25, -0.2) is 9.37 Å². The zero-order valence-corrected chi connectivity index (χ0v) is 15.5. The number of benzene rings is 1. The Labute approximate surface area is 157 Å². The first-order chi connectivity index (χ1) is 13.1. The molecule has 0 aliphatic carbocycles. The normalized spacial score (nSPS) is 10.8. The van der Waals surface area contributed by atoms with E-state index < -0.39 is 0 Å². The minimum atomic E-state index is -0.315. The fraction of sp³-hybridized carbons (Fsp3) is 0.286. The lowest BCUT2D eigenvalue weighted by Gasteiger charge is -2.20. The van der Waals surface area contributed by atoms with Crippen LogP contribution in [0.2, 0.25) is 0 Å².